The average molecular weight is 142 g/mol. The van der Waals surface area contributed by atoms with E-state index in [2.05, 4.69) is 25.8 Å². The predicted molar refractivity (Wildman–Crippen MR) is 46.2 cm³/mol. The van der Waals surface area contributed by atoms with Gasteiger partial charge >= 0.3 is 0 Å². The summed E-state index contributed by atoms with van der Waals surface area (Å²) in [4.78, 5) is 4.21. The second-order valence-corrected chi connectivity index (χ2v) is 2.62. The summed E-state index contributed by atoms with van der Waals surface area (Å²) < 4.78 is 0. The summed E-state index contributed by atoms with van der Waals surface area (Å²) in [7, 11) is 0. The van der Waals surface area contributed by atoms with Gasteiger partial charge in [0.1, 0.15) is 0 Å². The first-order valence-corrected chi connectivity index (χ1v) is 4.02. The Balaban J connectivity index is 3.67. The topological polar surface area (TPSA) is 38.4 Å². The molecule has 0 aromatic rings. The van der Waals surface area contributed by atoms with Crippen molar-refractivity contribution in [3.63, 3.8) is 0 Å². The van der Waals surface area contributed by atoms with Gasteiger partial charge in [0.15, 0.2) is 0 Å². The molecular weight excluding hydrogens is 124 g/mol. The van der Waals surface area contributed by atoms with Crippen LogP contribution in [0.2, 0.25) is 0 Å². The second kappa shape index (κ2) is 5.27. The Bertz CT molecular complexity index is 108. The van der Waals surface area contributed by atoms with E-state index in [1.807, 2.05) is 0 Å². The van der Waals surface area contributed by atoms with Crippen LogP contribution in [0.3, 0.4) is 0 Å². The Morgan fingerprint density at radius 2 is 2.10 bits per heavy atom. The molecule has 0 aromatic carbocycles. The number of hydrogen-bond acceptors (Lipinski definition) is 1. The van der Waals surface area contributed by atoms with Crippen molar-refractivity contribution < 1.29 is 0 Å². The molecule has 0 radical (unpaired) electrons. The van der Waals surface area contributed by atoms with Crippen molar-refractivity contribution in [3.05, 3.63) is 0 Å². The van der Waals surface area contributed by atoms with Crippen LogP contribution in [-0.2, 0) is 0 Å². The summed E-state index contributed by atoms with van der Waals surface area (Å²) >= 11 is 0. The summed E-state index contributed by atoms with van der Waals surface area (Å²) in [5.74, 6) is 1.26. The fourth-order valence-corrected chi connectivity index (χ4v) is 0.606. The zero-order valence-electron chi connectivity index (χ0n) is 7.22. The zero-order chi connectivity index (χ0) is 7.98. The summed E-state index contributed by atoms with van der Waals surface area (Å²) in [6.07, 6.45) is 2.16. The summed E-state index contributed by atoms with van der Waals surface area (Å²) in [6.45, 7) is 7.21. The Labute approximate surface area is 63.5 Å². The third-order valence-corrected chi connectivity index (χ3v) is 1.64. The zero-order valence-corrected chi connectivity index (χ0v) is 7.22. The normalized spacial score (nSPS) is 15.3. The van der Waals surface area contributed by atoms with E-state index < -0.39 is 0 Å². The monoisotopic (exact) mass is 142 g/mol. The average Bonchev–Trinajstić information content (AvgIpc) is 1.98. The lowest BCUT2D eigenvalue weighted by molar-refractivity contribution is 0.724. The van der Waals surface area contributed by atoms with Crippen LogP contribution in [0.4, 0.5) is 0 Å². The molecule has 0 aliphatic carbocycles. The first-order valence-electron chi connectivity index (χ1n) is 4.02. The quantitative estimate of drug-likeness (QED) is 0.471. The van der Waals surface area contributed by atoms with E-state index >= 15 is 0 Å². The van der Waals surface area contributed by atoms with Crippen molar-refractivity contribution in [2.24, 2.45) is 16.6 Å². The van der Waals surface area contributed by atoms with Gasteiger partial charge < -0.3 is 5.73 Å². The van der Waals surface area contributed by atoms with Crippen molar-refractivity contribution in [1.82, 2.24) is 0 Å². The fraction of sp³-hybridized carbons (Fsp3) is 0.875. The molecule has 2 N–H and O–H groups in total. The molecule has 60 valence electrons. The highest BCUT2D eigenvalue weighted by Gasteiger charge is 2.01. The van der Waals surface area contributed by atoms with Gasteiger partial charge in [0.25, 0.3) is 0 Å². The Hall–Kier alpha value is -0.530. The highest BCUT2D eigenvalue weighted by atomic mass is 14.9. The maximum atomic E-state index is 5.66. The standard InChI is InChI=1S/C8H18N2/c1-4-6-10-8(9)7(3)5-2/h7H,4-6H2,1-3H3,(H2,9,10). The van der Waals surface area contributed by atoms with Gasteiger partial charge in [-0.3, -0.25) is 4.99 Å². The van der Waals surface area contributed by atoms with Gasteiger partial charge in [-0.25, -0.2) is 0 Å². The van der Waals surface area contributed by atoms with Gasteiger partial charge in [-0.05, 0) is 12.8 Å². The summed E-state index contributed by atoms with van der Waals surface area (Å²) in [6, 6.07) is 0. The van der Waals surface area contributed by atoms with Crippen molar-refractivity contribution in [2.45, 2.75) is 33.6 Å². The molecule has 10 heavy (non-hydrogen) atoms. The molecule has 0 saturated carbocycles. The third kappa shape index (κ3) is 3.49. The minimum Gasteiger partial charge on any atom is -0.387 e. The van der Waals surface area contributed by atoms with Crippen LogP contribution in [0, 0.1) is 5.92 Å². The van der Waals surface area contributed by atoms with Crippen LogP contribution in [-0.4, -0.2) is 12.4 Å². The van der Waals surface area contributed by atoms with E-state index in [-0.39, 0.29) is 0 Å². The molecule has 2 nitrogen and oxygen atoms in total. The molecule has 0 spiro atoms. The molecule has 0 amide bonds. The first-order chi connectivity index (χ1) is 4.72. The molecule has 1 atom stereocenters. The Morgan fingerprint density at radius 1 is 1.50 bits per heavy atom. The molecular formula is C8H18N2. The minimum absolute atomic E-state index is 0.451. The number of rotatable bonds is 4. The highest BCUT2D eigenvalue weighted by Crippen LogP contribution is 1.99. The lowest BCUT2D eigenvalue weighted by Gasteiger charge is -2.06. The molecule has 0 aliphatic heterocycles. The summed E-state index contributed by atoms with van der Waals surface area (Å²) in [5, 5.41) is 0. The van der Waals surface area contributed by atoms with Crippen LogP contribution in [0.15, 0.2) is 4.99 Å². The van der Waals surface area contributed by atoms with Gasteiger partial charge in [0.2, 0.25) is 0 Å². The van der Waals surface area contributed by atoms with Crippen LogP contribution < -0.4 is 5.73 Å². The second-order valence-electron chi connectivity index (χ2n) is 2.62. The van der Waals surface area contributed by atoms with Crippen LogP contribution in [0.1, 0.15) is 33.6 Å². The van der Waals surface area contributed by atoms with E-state index in [0.29, 0.717) is 5.92 Å². The van der Waals surface area contributed by atoms with E-state index in [9.17, 15) is 0 Å². The molecule has 0 aliphatic rings. The molecule has 0 fully saturated rings. The molecule has 0 aromatic heterocycles. The number of aliphatic imine (C=N–C) groups is 1. The molecule has 1 unspecified atom stereocenters. The maximum Gasteiger partial charge on any atom is 0.0965 e. The lowest BCUT2D eigenvalue weighted by atomic mass is 10.1. The molecule has 0 bridgehead atoms. The van der Waals surface area contributed by atoms with E-state index in [1.54, 1.807) is 0 Å². The predicted octanol–water partition coefficient (Wildman–Crippen LogP) is 1.80. The van der Waals surface area contributed by atoms with Crippen molar-refractivity contribution in [1.29, 1.82) is 0 Å². The number of amidine groups is 1. The van der Waals surface area contributed by atoms with E-state index in [4.69, 9.17) is 5.73 Å². The Kier molecular flexibility index (Phi) is 4.99. The first kappa shape index (κ1) is 9.47. The molecule has 0 saturated heterocycles. The molecule has 0 heterocycles. The van der Waals surface area contributed by atoms with Crippen LogP contribution in [0.25, 0.3) is 0 Å². The van der Waals surface area contributed by atoms with Crippen LogP contribution >= 0.6 is 0 Å². The third-order valence-electron chi connectivity index (χ3n) is 1.64. The highest BCUT2D eigenvalue weighted by molar-refractivity contribution is 5.82. The van der Waals surface area contributed by atoms with E-state index in [0.717, 1.165) is 25.2 Å². The van der Waals surface area contributed by atoms with Gasteiger partial charge in [-0.1, -0.05) is 20.8 Å². The maximum absolute atomic E-state index is 5.66. The molecule has 2 heteroatoms. The largest absolute Gasteiger partial charge is 0.387 e. The SMILES string of the molecule is CCC/N=C(\N)C(C)CC. The molecule has 0 rings (SSSR count). The van der Waals surface area contributed by atoms with Gasteiger partial charge in [0.05, 0.1) is 5.84 Å². The van der Waals surface area contributed by atoms with Crippen LogP contribution in [0.5, 0.6) is 0 Å². The van der Waals surface area contributed by atoms with Gasteiger partial charge in [0, 0.05) is 12.5 Å². The number of nitrogens with two attached hydrogens (primary N) is 1. The lowest BCUT2D eigenvalue weighted by Crippen LogP contribution is -2.20. The van der Waals surface area contributed by atoms with Crippen molar-refractivity contribution in [3.8, 4) is 0 Å². The minimum atomic E-state index is 0.451. The Morgan fingerprint density at radius 3 is 2.50 bits per heavy atom. The van der Waals surface area contributed by atoms with E-state index in [1.165, 1.54) is 0 Å². The number of nitrogens with zero attached hydrogens (tertiary/aromatic N) is 1. The summed E-state index contributed by atoms with van der Waals surface area (Å²) in [5.41, 5.74) is 5.66. The number of hydrogen-bond donors (Lipinski definition) is 1. The fourth-order valence-electron chi connectivity index (χ4n) is 0.606. The smallest absolute Gasteiger partial charge is 0.0965 e. The van der Waals surface area contributed by atoms with Gasteiger partial charge in [-0.15, -0.1) is 0 Å². The van der Waals surface area contributed by atoms with Gasteiger partial charge in [-0.2, -0.15) is 0 Å². The van der Waals surface area contributed by atoms with Crippen molar-refractivity contribution >= 4 is 5.84 Å². The van der Waals surface area contributed by atoms with Crippen molar-refractivity contribution in [2.75, 3.05) is 6.54 Å².